The molecule has 0 heterocycles. The number of hydrogen-bond acceptors (Lipinski definition) is 1. The summed E-state index contributed by atoms with van der Waals surface area (Å²) in [5, 5.41) is 0. The number of nitrogen functional groups attached to an aromatic ring is 1. The third kappa shape index (κ3) is 1.60. The summed E-state index contributed by atoms with van der Waals surface area (Å²) in [7, 11) is 0. The Morgan fingerprint density at radius 1 is 1.00 bits per heavy atom. The Balaban J connectivity index is 0.000000490. The average Bonchev–Trinajstić information content (AvgIpc) is 1.69. The van der Waals surface area contributed by atoms with Gasteiger partial charge in [0.2, 0.25) is 0 Å². The molecule has 1 aromatic carbocycles. The molecule has 0 bridgehead atoms. The number of para-hydroxylation sites is 1. The fourth-order valence-electron chi connectivity index (χ4n) is 0.453. The SMILES string of the molecule is Nc1ccccc1.[F-]. The van der Waals surface area contributed by atoms with Crippen LogP contribution in [0.25, 0.3) is 0 Å². The van der Waals surface area contributed by atoms with E-state index in [1.165, 1.54) is 0 Å². The van der Waals surface area contributed by atoms with E-state index in [0.29, 0.717) is 0 Å². The fraction of sp³-hybridized carbons (Fsp3) is 0. The Hall–Kier alpha value is -1.05. The maximum atomic E-state index is 5.36. The molecule has 0 saturated carbocycles. The van der Waals surface area contributed by atoms with E-state index < -0.39 is 0 Å². The van der Waals surface area contributed by atoms with Crippen molar-refractivity contribution in [2.75, 3.05) is 5.73 Å². The molecule has 8 heavy (non-hydrogen) atoms. The van der Waals surface area contributed by atoms with Gasteiger partial charge in [0.15, 0.2) is 0 Å². The number of rotatable bonds is 0. The topological polar surface area (TPSA) is 26.0 Å². The Morgan fingerprint density at radius 3 is 1.75 bits per heavy atom. The number of nitrogens with two attached hydrogens (primary N) is 1. The fourth-order valence-corrected chi connectivity index (χ4v) is 0.453. The first-order valence-corrected chi connectivity index (χ1v) is 2.20. The lowest BCUT2D eigenvalue weighted by Gasteiger charge is -1.83. The van der Waals surface area contributed by atoms with Crippen molar-refractivity contribution in [3.05, 3.63) is 30.3 Å². The molecule has 2 heteroatoms. The van der Waals surface area contributed by atoms with E-state index in [-0.39, 0.29) is 4.70 Å². The summed E-state index contributed by atoms with van der Waals surface area (Å²) < 4.78 is 0. The minimum Gasteiger partial charge on any atom is -1.00 e. The van der Waals surface area contributed by atoms with Crippen molar-refractivity contribution in [1.82, 2.24) is 0 Å². The summed E-state index contributed by atoms with van der Waals surface area (Å²) in [5.74, 6) is 0. The second-order valence-electron chi connectivity index (χ2n) is 1.41. The highest BCUT2D eigenvalue weighted by atomic mass is 19.0. The summed E-state index contributed by atoms with van der Waals surface area (Å²) in [5.41, 5.74) is 6.18. The van der Waals surface area contributed by atoms with Crippen LogP contribution in [-0.4, -0.2) is 0 Å². The number of halogens is 1. The summed E-state index contributed by atoms with van der Waals surface area (Å²) in [6.45, 7) is 0. The Morgan fingerprint density at radius 2 is 1.50 bits per heavy atom. The predicted molar refractivity (Wildman–Crippen MR) is 30.9 cm³/mol. The van der Waals surface area contributed by atoms with Gasteiger partial charge in [-0.15, -0.1) is 0 Å². The van der Waals surface area contributed by atoms with Gasteiger partial charge in [0, 0.05) is 5.69 Å². The first kappa shape index (κ1) is 6.95. The zero-order valence-electron chi connectivity index (χ0n) is 4.34. The van der Waals surface area contributed by atoms with E-state index in [4.69, 9.17) is 5.73 Å². The van der Waals surface area contributed by atoms with Crippen molar-refractivity contribution in [1.29, 1.82) is 0 Å². The minimum absolute atomic E-state index is 0. The second-order valence-corrected chi connectivity index (χ2v) is 1.41. The highest BCUT2D eigenvalue weighted by Gasteiger charge is 1.72. The molecule has 1 rings (SSSR count). The van der Waals surface area contributed by atoms with E-state index in [0.717, 1.165) is 5.69 Å². The normalized spacial score (nSPS) is 7.50. The Labute approximate surface area is 47.5 Å². The molecule has 0 spiro atoms. The van der Waals surface area contributed by atoms with E-state index in [2.05, 4.69) is 0 Å². The molecule has 0 atom stereocenters. The van der Waals surface area contributed by atoms with Crippen LogP contribution in [0.4, 0.5) is 5.69 Å². The minimum atomic E-state index is 0. The van der Waals surface area contributed by atoms with Gasteiger partial charge in [0.1, 0.15) is 0 Å². The maximum Gasteiger partial charge on any atom is 0.0313 e. The monoisotopic (exact) mass is 112 g/mol. The van der Waals surface area contributed by atoms with Crippen LogP contribution in [0.1, 0.15) is 0 Å². The molecule has 0 aromatic heterocycles. The van der Waals surface area contributed by atoms with Crippen LogP contribution in [0.15, 0.2) is 30.3 Å². The molecule has 0 aliphatic carbocycles. The molecule has 0 aliphatic rings. The molecular weight excluding hydrogens is 105 g/mol. The first-order valence-electron chi connectivity index (χ1n) is 2.20. The van der Waals surface area contributed by atoms with Gasteiger partial charge >= 0.3 is 0 Å². The quantitative estimate of drug-likeness (QED) is 0.397. The van der Waals surface area contributed by atoms with Crippen LogP contribution in [0.3, 0.4) is 0 Å². The van der Waals surface area contributed by atoms with Crippen LogP contribution in [-0.2, 0) is 0 Å². The van der Waals surface area contributed by atoms with E-state index in [1.54, 1.807) is 0 Å². The van der Waals surface area contributed by atoms with Crippen molar-refractivity contribution in [2.24, 2.45) is 0 Å². The standard InChI is InChI=1S/C6H7N.FH/c7-6-4-2-1-3-5-6;/h1-5H,7H2;1H/p-1. The zero-order valence-corrected chi connectivity index (χ0v) is 4.34. The maximum absolute atomic E-state index is 5.36. The zero-order chi connectivity index (χ0) is 5.11. The van der Waals surface area contributed by atoms with Crippen LogP contribution >= 0.6 is 0 Å². The van der Waals surface area contributed by atoms with Gasteiger partial charge in [-0.25, -0.2) is 0 Å². The smallest absolute Gasteiger partial charge is 0.0313 e. The van der Waals surface area contributed by atoms with Crippen molar-refractivity contribution >= 4 is 5.69 Å². The number of benzene rings is 1. The third-order valence-corrected chi connectivity index (χ3v) is 0.800. The lowest BCUT2D eigenvalue weighted by Crippen LogP contribution is -3.00. The summed E-state index contributed by atoms with van der Waals surface area (Å²) in [6.07, 6.45) is 0. The van der Waals surface area contributed by atoms with Crippen LogP contribution in [0.2, 0.25) is 0 Å². The van der Waals surface area contributed by atoms with Gasteiger partial charge in [0.05, 0.1) is 0 Å². The Kier molecular flexibility index (Phi) is 2.62. The van der Waals surface area contributed by atoms with Gasteiger partial charge < -0.3 is 10.4 Å². The number of hydrogen-bond donors (Lipinski definition) is 1. The van der Waals surface area contributed by atoms with E-state index in [9.17, 15) is 0 Å². The van der Waals surface area contributed by atoms with Crippen LogP contribution in [0.5, 0.6) is 0 Å². The molecule has 0 saturated heterocycles. The molecule has 1 nitrogen and oxygen atoms in total. The molecule has 2 N–H and O–H groups in total. The average molecular weight is 112 g/mol. The summed E-state index contributed by atoms with van der Waals surface area (Å²) in [6, 6.07) is 9.49. The molecule has 44 valence electrons. The molecule has 1 aromatic rings. The lowest BCUT2D eigenvalue weighted by atomic mass is 10.3. The lowest BCUT2D eigenvalue weighted by molar-refractivity contribution is -0.00000146. The van der Waals surface area contributed by atoms with Crippen LogP contribution < -0.4 is 10.4 Å². The van der Waals surface area contributed by atoms with Gasteiger partial charge in [-0.05, 0) is 12.1 Å². The largest absolute Gasteiger partial charge is 1.00 e. The molecule has 0 amide bonds. The first-order chi connectivity index (χ1) is 3.39. The van der Waals surface area contributed by atoms with Gasteiger partial charge in [0.25, 0.3) is 0 Å². The summed E-state index contributed by atoms with van der Waals surface area (Å²) >= 11 is 0. The van der Waals surface area contributed by atoms with E-state index >= 15 is 0 Å². The highest BCUT2D eigenvalue weighted by molar-refractivity contribution is 5.35. The van der Waals surface area contributed by atoms with Crippen molar-refractivity contribution in [3.63, 3.8) is 0 Å². The van der Waals surface area contributed by atoms with Gasteiger partial charge in [-0.1, -0.05) is 18.2 Å². The van der Waals surface area contributed by atoms with Gasteiger partial charge in [-0.3, -0.25) is 0 Å². The number of anilines is 1. The van der Waals surface area contributed by atoms with Gasteiger partial charge in [-0.2, -0.15) is 0 Å². The molecule has 0 unspecified atom stereocenters. The van der Waals surface area contributed by atoms with Crippen LogP contribution in [0, 0.1) is 0 Å². The van der Waals surface area contributed by atoms with Crippen molar-refractivity contribution in [2.45, 2.75) is 0 Å². The van der Waals surface area contributed by atoms with E-state index in [1.807, 2.05) is 30.3 Å². The molecule has 0 aliphatic heterocycles. The summed E-state index contributed by atoms with van der Waals surface area (Å²) in [4.78, 5) is 0. The molecular formula is C6H7FN-. The van der Waals surface area contributed by atoms with Crippen molar-refractivity contribution in [3.8, 4) is 0 Å². The second kappa shape index (κ2) is 3.02. The third-order valence-electron chi connectivity index (χ3n) is 0.800. The highest BCUT2D eigenvalue weighted by Crippen LogP contribution is 1.95. The Bertz CT molecular complexity index is 138. The predicted octanol–water partition coefficient (Wildman–Crippen LogP) is -1.73. The molecule has 0 radical (unpaired) electrons. The van der Waals surface area contributed by atoms with Crippen molar-refractivity contribution < 1.29 is 4.70 Å². The molecule has 0 fully saturated rings.